The Hall–Kier alpha value is -1.65. The van der Waals surface area contributed by atoms with Crippen molar-refractivity contribution in [3.05, 3.63) is 29.8 Å². The lowest BCUT2D eigenvalue weighted by Gasteiger charge is -2.46. The summed E-state index contributed by atoms with van der Waals surface area (Å²) < 4.78 is 10.7. The smallest absolute Gasteiger partial charge is 0.0991 e. The van der Waals surface area contributed by atoms with E-state index < -0.39 is 0 Å². The highest BCUT2D eigenvalue weighted by atomic mass is 16.5. The van der Waals surface area contributed by atoms with Crippen LogP contribution in [-0.2, 0) is 9.47 Å². The molecule has 0 saturated carbocycles. The topological polar surface area (TPSA) is 60.8 Å². The molecule has 0 amide bonds. The molecule has 1 aromatic rings. The molecule has 2 atom stereocenters. The van der Waals surface area contributed by atoms with Gasteiger partial charge >= 0.3 is 0 Å². The van der Waals surface area contributed by atoms with E-state index in [1.165, 1.54) is 32.6 Å². The highest BCUT2D eigenvalue weighted by Crippen LogP contribution is 2.28. The number of nitrogens with zero attached hydrogens (tertiary/aromatic N) is 3. The fraction of sp³-hybridized carbons (Fsp3) is 0.682. The minimum atomic E-state index is 0.681. The van der Waals surface area contributed by atoms with Crippen LogP contribution in [0.2, 0.25) is 0 Å². The number of methoxy groups -OCH3 is 1. The lowest BCUT2D eigenvalue weighted by atomic mass is 9.84. The number of benzene rings is 1. The number of ether oxygens (including phenoxy) is 2. The molecule has 0 aromatic heterocycles. The maximum Gasteiger partial charge on any atom is 0.0991 e. The SMILES string of the molecule is COCCOCCN1CC2CC(CN(CCCNc3ccc(C#N)cc3)C2)C1. The Bertz CT molecular complexity index is 602. The largest absolute Gasteiger partial charge is 0.385 e. The van der Waals surface area contributed by atoms with Gasteiger partial charge in [-0.2, -0.15) is 5.26 Å². The van der Waals surface area contributed by atoms with Crippen LogP contribution in [0.5, 0.6) is 0 Å². The van der Waals surface area contributed by atoms with Crippen LogP contribution in [0.1, 0.15) is 18.4 Å². The molecule has 28 heavy (non-hydrogen) atoms. The Kier molecular flexibility index (Phi) is 8.56. The Morgan fingerprint density at radius 2 is 1.68 bits per heavy atom. The number of anilines is 1. The fourth-order valence-electron chi connectivity index (χ4n) is 4.50. The van der Waals surface area contributed by atoms with Crippen LogP contribution in [0.15, 0.2) is 24.3 Å². The van der Waals surface area contributed by atoms with Crippen molar-refractivity contribution in [3.63, 3.8) is 0 Å². The molecule has 2 aliphatic rings. The third kappa shape index (κ3) is 6.75. The summed E-state index contributed by atoms with van der Waals surface area (Å²) in [6.07, 6.45) is 2.54. The maximum absolute atomic E-state index is 8.86. The van der Waals surface area contributed by atoms with Gasteiger partial charge in [-0.25, -0.2) is 0 Å². The number of nitriles is 1. The summed E-state index contributed by atoms with van der Waals surface area (Å²) in [6, 6.07) is 9.85. The average Bonchev–Trinajstić information content (AvgIpc) is 2.71. The van der Waals surface area contributed by atoms with E-state index in [2.05, 4.69) is 21.2 Å². The van der Waals surface area contributed by atoms with Crippen molar-refractivity contribution in [2.75, 3.05) is 78.1 Å². The summed E-state index contributed by atoms with van der Waals surface area (Å²) in [5, 5.41) is 12.3. The summed E-state index contributed by atoms with van der Waals surface area (Å²) in [7, 11) is 1.71. The molecule has 2 unspecified atom stereocenters. The van der Waals surface area contributed by atoms with Crippen LogP contribution in [-0.4, -0.2) is 82.5 Å². The Morgan fingerprint density at radius 3 is 2.32 bits per heavy atom. The van der Waals surface area contributed by atoms with Crippen LogP contribution in [0.25, 0.3) is 0 Å². The van der Waals surface area contributed by atoms with Gasteiger partial charge in [0.05, 0.1) is 31.5 Å². The molecule has 1 aromatic carbocycles. The van der Waals surface area contributed by atoms with Crippen molar-refractivity contribution in [2.45, 2.75) is 12.8 Å². The van der Waals surface area contributed by atoms with Crippen LogP contribution in [0, 0.1) is 23.2 Å². The minimum Gasteiger partial charge on any atom is -0.385 e. The molecule has 0 radical (unpaired) electrons. The zero-order chi connectivity index (χ0) is 19.6. The number of rotatable bonds is 11. The van der Waals surface area contributed by atoms with Gasteiger partial charge in [0.1, 0.15) is 0 Å². The maximum atomic E-state index is 8.86. The number of fused-ring (bicyclic) bond motifs is 2. The quantitative estimate of drug-likeness (QED) is 0.589. The lowest BCUT2D eigenvalue weighted by Crippen LogP contribution is -2.53. The third-order valence-electron chi connectivity index (χ3n) is 5.71. The van der Waals surface area contributed by atoms with Crippen molar-refractivity contribution >= 4 is 5.69 Å². The molecule has 2 aliphatic heterocycles. The number of hydrogen-bond donors (Lipinski definition) is 1. The van der Waals surface area contributed by atoms with Crippen molar-refractivity contribution < 1.29 is 9.47 Å². The third-order valence-corrected chi connectivity index (χ3v) is 5.71. The van der Waals surface area contributed by atoms with E-state index in [9.17, 15) is 0 Å². The van der Waals surface area contributed by atoms with Crippen LogP contribution in [0.3, 0.4) is 0 Å². The van der Waals surface area contributed by atoms with Gasteiger partial charge in [0.2, 0.25) is 0 Å². The molecular formula is C22H34N4O2. The molecule has 1 N–H and O–H groups in total. The molecule has 0 aliphatic carbocycles. The number of piperidine rings is 2. The first-order chi connectivity index (χ1) is 13.8. The van der Waals surface area contributed by atoms with E-state index in [0.717, 1.165) is 50.2 Å². The van der Waals surface area contributed by atoms with Gasteiger partial charge in [-0.15, -0.1) is 0 Å². The Morgan fingerprint density at radius 1 is 1.00 bits per heavy atom. The second-order valence-corrected chi connectivity index (χ2v) is 8.06. The molecule has 6 heteroatoms. The first kappa shape index (κ1) is 21.1. The molecule has 2 fully saturated rings. The average molecular weight is 387 g/mol. The Labute approximate surface area is 169 Å². The van der Waals surface area contributed by atoms with Gasteiger partial charge in [-0.05, 0) is 55.5 Å². The van der Waals surface area contributed by atoms with Crippen molar-refractivity contribution in [1.82, 2.24) is 9.80 Å². The van der Waals surface area contributed by atoms with Crippen LogP contribution in [0.4, 0.5) is 5.69 Å². The lowest BCUT2D eigenvalue weighted by molar-refractivity contribution is 0.00844. The highest BCUT2D eigenvalue weighted by Gasteiger charge is 2.33. The van der Waals surface area contributed by atoms with E-state index in [0.29, 0.717) is 18.8 Å². The molecule has 154 valence electrons. The number of likely N-dealkylation sites (tertiary alicyclic amines) is 2. The highest BCUT2D eigenvalue weighted by molar-refractivity contribution is 5.47. The molecule has 6 nitrogen and oxygen atoms in total. The summed E-state index contributed by atoms with van der Waals surface area (Å²) >= 11 is 0. The monoisotopic (exact) mass is 386 g/mol. The van der Waals surface area contributed by atoms with Gasteiger partial charge in [-0.1, -0.05) is 0 Å². The number of hydrogen-bond acceptors (Lipinski definition) is 6. The molecule has 0 spiro atoms. The van der Waals surface area contributed by atoms with E-state index in [1.54, 1.807) is 7.11 Å². The fourth-order valence-corrected chi connectivity index (χ4v) is 4.50. The summed E-state index contributed by atoms with van der Waals surface area (Å²) in [5.74, 6) is 1.61. The predicted molar refractivity (Wildman–Crippen MR) is 111 cm³/mol. The van der Waals surface area contributed by atoms with Crippen LogP contribution < -0.4 is 5.32 Å². The van der Waals surface area contributed by atoms with Crippen molar-refractivity contribution in [2.24, 2.45) is 11.8 Å². The molecular weight excluding hydrogens is 352 g/mol. The van der Waals surface area contributed by atoms with Gasteiger partial charge in [0, 0.05) is 52.1 Å². The predicted octanol–water partition coefficient (Wildman–Crippen LogP) is 2.28. The molecule has 2 heterocycles. The van der Waals surface area contributed by atoms with Gasteiger partial charge in [0.25, 0.3) is 0 Å². The first-order valence-corrected chi connectivity index (χ1v) is 10.5. The van der Waals surface area contributed by atoms with Gasteiger partial charge in [-0.3, -0.25) is 0 Å². The Balaban J connectivity index is 1.30. The normalized spacial score (nSPS) is 22.7. The van der Waals surface area contributed by atoms with Gasteiger partial charge < -0.3 is 24.6 Å². The summed E-state index contributed by atoms with van der Waals surface area (Å²) in [4.78, 5) is 5.25. The second-order valence-electron chi connectivity index (χ2n) is 8.06. The van der Waals surface area contributed by atoms with Crippen molar-refractivity contribution in [1.29, 1.82) is 5.26 Å². The van der Waals surface area contributed by atoms with Gasteiger partial charge in [0.15, 0.2) is 0 Å². The van der Waals surface area contributed by atoms with E-state index in [-0.39, 0.29) is 0 Å². The summed E-state index contributed by atoms with van der Waals surface area (Å²) in [6.45, 7) is 10.3. The van der Waals surface area contributed by atoms with E-state index >= 15 is 0 Å². The molecule has 2 bridgehead atoms. The zero-order valence-corrected chi connectivity index (χ0v) is 17.1. The van der Waals surface area contributed by atoms with Crippen LogP contribution >= 0.6 is 0 Å². The molecule has 3 rings (SSSR count). The zero-order valence-electron chi connectivity index (χ0n) is 17.1. The first-order valence-electron chi connectivity index (χ1n) is 10.5. The van der Waals surface area contributed by atoms with E-state index in [4.69, 9.17) is 14.7 Å². The van der Waals surface area contributed by atoms with E-state index in [1.807, 2.05) is 24.3 Å². The van der Waals surface area contributed by atoms with Crippen molar-refractivity contribution in [3.8, 4) is 6.07 Å². The second kappa shape index (κ2) is 11.4. The molecule has 2 saturated heterocycles. The summed E-state index contributed by atoms with van der Waals surface area (Å²) in [5.41, 5.74) is 1.80. The standard InChI is InChI=1S/C22H34N4O2/c1-27-11-12-28-10-9-26-17-20-13-21(18-26)16-25(15-20)8-2-7-24-22-5-3-19(14-23)4-6-22/h3-6,20-21,24H,2,7-13,15-18H2,1H3. The minimum absolute atomic E-state index is 0.681. The number of nitrogens with one attached hydrogen (secondary N) is 1.